The van der Waals surface area contributed by atoms with Gasteiger partial charge in [0, 0.05) is 35.1 Å². The normalized spacial score (nSPS) is 15.8. The number of ketones is 1. The molecule has 3 nitrogen and oxygen atoms in total. The van der Waals surface area contributed by atoms with Gasteiger partial charge in [-0.05, 0) is 68.4 Å². The predicted octanol–water partition coefficient (Wildman–Crippen LogP) is 5.09. The minimum absolute atomic E-state index is 0.0759. The zero-order chi connectivity index (χ0) is 17.4. The average Bonchev–Trinajstić information content (AvgIpc) is 3.15. The van der Waals surface area contributed by atoms with Gasteiger partial charge in [-0.2, -0.15) is 11.8 Å². The Morgan fingerprint density at radius 2 is 2.04 bits per heavy atom. The van der Waals surface area contributed by atoms with Crippen LogP contribution in [0.25, 0.3) is 10.2 Å². The summed E-state index contributed by atoms with van der Waals surface area (Å²) in [6, 6.07) is 8.02. The molecule has 4 heterocycles. The number of carbonyl (C=O) groups is 1. The van der Waals surface area contributed by atoms with Crippen LogP contribution in [0.4, 0.5) is 0 Å². The molecule has 0 radical (unpaired) electrons. The van der Waals surface area contributed by atoms with Crippen LogP contribution in [0.5, 0.6) is 0 Å². The molecule has 1 aliphatic rings. The third-order valence-electron chi connectivity index (χ3n) is 4.95. The number of nitrogens with zero attached hydrogens (tertiary/aromatic N) is 2. The van der Waals surface area contributed by atoms with Gasteiger partial charge in [0.15, 0.2) is 0 Å². The van der Waals surface area contributed by atoms with Crippen LogP contribution in [0.2, 0.25) is 0 Å². The Kier molecular flexibility index (Phi) is 4.69. The summed E-state index contributed by atoms with van der Waals surface area (Å²) < 4.78 is 2.42. The topological polar surface area (TPSA) is 34.9 Å². The summed E-state index contributed by atoms with van der Waals surface area (Å²) in [7, 11) is 0. The van der Waals surface area contributed by atoms with Crippen LogP contribution in [0.3, 0.4) is 0 Å². The molecule has 0 spiro atoms. The molecule has 3 aromatic heterocycles. The molecule has 1 aliphatic heterocycles. The molecule has 1 fully saturated rings. The third-order valence-corrected chi connectivity index (χ3v) is 7.18. The SMILES string of the molecule is Cc1ccc(C(=O)c2cc3cc(C)n(CC4CCSCC4)c3s2)cn1. The van der Waals surface area contributed by atoms with Gasteiger partial charge in [0.05, 0.1) is 4.88 Å². The highest BCUT2D eigenvalue weighted by Crippen LogP contribution is 2.33. The number of aromatic nitrogens is 2. The van der Waals surface area contributed by atoms with Gasteiger partial charge in [-0.1, -0.05) is 0 Å². The van der Waals surface area contributed by atoms with Crippen LogP contribution >= 0.6 is 23.1 Å². The van der Waals surface area contributed by atoms with Crippen LogP contribution in [-0.4, -0.2) is 26.8 Å². The molecule has 5 heteroatoms. The molecule has 4 rings (SSSR count). The van der Waals surface area contributed by atoms with Gasteiger partial charge in [0.25, 0.3) is 0 Å². The van der Waals surface area contributed by atoms with Gasteiger partial charge in [-0.15, -0.1) is 11.3 Å². The first-order valence-electron chi connectivity index (χ1n) is 8.76. The fourth-order valence-electron chi connectivity index (χ4n) is 3.44. The zero-order valence-electron chi connectivity index (χ0n) is 14.6. The second-order valence-electron chi connectivity index (χ2n) is 6.84. The highest BCUT2D eigenvalue weighted by molar-refractivity contribution is 7.99. The maximum absolute atomic E-state index is 12.8. The second kappa shape index (κ2) is 6.96. The van der Waals surface area contributed by atoms with Crippen LogP contribution in [0.1, 0.15) is 39.5 Å². The van der Waals surface area contributed by atoms with E-state index in [1.165, 1.54) is 40.3 Å². The number of thiophene rings is 1. The van der Waals surface area contributed by atoms with Crippen molar-refractivity contribution in [3.8, 4) is 0 Å². The van der Waals surface area contributed by atoms with Crippen LogP contribution in [-0.2, 0) is 6.54 Å². The van der Waals surface area contributed by atoms with Crippen molar-refractivity contribution in [1.29, 1.82) is 0 Å². The summed E-state index contributed by atoms with van der Waals surface area (Å²) in [5.74, 6) is 3.40. The van der Waals surface area contributed by atoms with Gasteiger partial charge in [0.1, 0.15) is 4.83 Å². The molecule has 0 bridgehead atoms. The van der Waals surface area contributed by atoms with Crippen molar-refractivity contribution >= 4 is 39.1 Å². The Morgan fingerprint density at radius 1 is 1.24 bits per heavy atom. The van der Waals surface area contributed by atoms with E-state index in [0.29, 0.717) is 5.56 Å². The van der Waals surface area contributed by atoms with Crippen molar-refractivity contribution in [3.05, 3.63) is 52.3 Å². The molecular formula is C20H22N2OS2. The van der Waals surface area contributed by atoms with Crippen molar-refractivity contribution in [3.63, 3.8) is 0 Å². The molecular weight excluding hydrogens is 348 g/mol. The Morgan fingerprint density at radius 3 is 2.76 bits per heavy atom. The fraction of sp³-hybridized carbons (Fsp3) is 0.400. The zero-order valence-corrected chi connectivity index (χ0v) is 16.3. The third kappa shape index (κ3) is 3.40. The van der Waals surface area contributed by atoms with Gasteiger partial charge in [0.2, 0.25) is 5.78 Å². The summed E-state index contributed by atoms with van der Waals surface area (Å²) in [4.78, 5) is 19.1. The summed E-state index contributed by atoms with van der Waals surface area (Å²) in [5.41, 5.74) is 2.90. The molecule has 0 saturated carbocycles. The standard InChI is InChI=1S/C20H22N2OS2/c1-13-3-4-16(11-21-13)19(23)18-10-17-9-14(2)22(20(17)25-18)12-15-5-7-24-8-6-15/h3-4,9-11,15H,5-8,12H2,1-2H3. The van der Waals surface area contributed by atoms with E-state index >= 15 is 0 Å². The number of thioether (sulfide) groups is 1. The Balaban J connectivity index is 1.63. The summed E-state index contributed by atoms with van der Waals surface area (Å²) in [6.07, 6.45) is 4.28. The first-order chi connectivity index (χ1) is 12.1. The molecule has 0 aromatic carbocycles. The number of fused-ring (bicyclic) bond motifs is 1. The predicted molar refractivity (Wildman–Crippen MR) is 107 cm³/mol. The van der Waals surface area contributed by atoms with E-state index in [-0.39, 0.29) is 5.78 Å². The molecule has 1 saturated heterocycles. The Bertz CT molecular complexity index is 902. The number of hydrogen-bond donors (Lipinski definition) is 0. The lowest BCUT2D eigenvalue weighted by Crippen LogP contribution is -2.16. The van der Waals surface area contributed by atoms with Gasteiger partial charge >= 0.3 is 0 Å². The minimum atomic E-state index is 0.0759. The first kappa shape index (κ1) is 16.9. The van der Waals surface area contributed by atoms with Gasteiger partial charge < -0.3 is 4.57 Å². The molecule has 0 atom stereocenters. The van der Waals surface area contributed by atoms with Crippen molar-refractivity contribution in [2.75, 3.05) is 11.5 Å². The quantitative estimate of drug-likeness (QED) is 0.600. The van der Waals surface area contributed by atoms with Crippen LogP contribution < -0.4 is 0 Å². The highest BCUT2D eigenvalue weighted by Gasteiger charge is 2.20. The van der Waals surface area contributed by atoms with Crippen LogP contribution in [0, 0.1) is 19.8 Å². The average molecular weight is 371 g/mol. The molecule has 0 N–H and O–H groups in total. The van der Waals surface area contributed by atoms with E-state index in [1.807, 2.05) is 25.1 Å². The lowest BCUT2D eigenvalue weighted by atomic mass is 10.0. The number of rotatable bonds is 4. The molecule has 130 valence electrons. The lowest BCUT2D eigenvalue weighted by molar-refractivity contribution is 0.104. The van der Waals surface area contributed by atoms with E-state index < -0.39 is 0 Å². The summed E-state index contributed by atoms with van der Waals surface area (Å²) >= 11 is 3.69. The van der Waals surface area contributed by atoms with Crippen molar-refractivity contribution in [2.45, 2.75) is 33.2 Å². The number of hydrogen-bond acceptors (Lipinski definition) is 4. The Labute approximate surface area is 156 Å². The van der Waals surface area contributed by atoms with Crippen molar-refractivity contribution < 1.29 is 4.79 Å². The Hall–Kier alpha value is -1.59. The van der Waals surface area contributed by atoms with E-state index in [9.17, 15) is 4.79 Å². The maximum atomic E-state index is 12.8. The smallest absolute Gasteiger partial charge is 0.204 e. The molecule has 25 heavy (non-hydrogen) atoms. The molecule has 0 unspecified atom stereocenters. The van der Waals surface area contributed by atoms with Gasteiger partial charge in [-0.3, -0.25) is 9.78 Å². The van der Waals surface area contributed by atoms with E-state index in [4.69, 9.17) is 0 Å². The maximum Gasteiger partial charge on any atom is 0.204 e. The number of pyridine rings is 1. The van der Waals surface area contributed by atoms with Crippen LogP contribution in [0.15, 0.2) is 30.5 Å². The largest absolute Gasteiger partial charge is 0.336 e. The summed E-state index contributed by atoms with van der Waals surface area (Å²) in [6.45, 7) is 5.19. The van der Waals surface area contributed by atoms with E-state index in [1.54, 1.807) is 17.5 Å². The monoisotopic (exact) mass is 370 g/mol. The van der Waals surface area contributed by atoms with E-state index in [2.05, 4.69) is 34.3 Å². The second-order valence-corrected chi connectivity index (χ2v) is 9.10. The van der Waals surface area contributed by atoms with Crippen molar-refractivity contribution in [1.82, 2.24) is 9.55 Å². The minimum Gasteiger partial charge on any atom is -0.336 e. The molecule has 3 aromatic rings. The molecule has 0 aliphatic carbocycles. The summed E-state index contributed by atoms with van der Waals surface area (Å²) in [5, 5.41) is 1.19. The van der Waals surface area contributed by atoms with Crippen molar-refractivity contribution in [2.24, 2.45) is 5.92 Å². The fourth-order valence-corrected chi connectivity index (χ4v) is 5.82. The first-order valence-corrected chi connectivity index (χ1v) is 10.7. The van der Waals surface area contributed by atoms with Gasteiger partial charge in [-0.25, -0.2) is 0 Å². The highest BCUT2D eigenvalue weighted by atomic mass is 32.2. The lowest BCUT2D eigenvalue weighted by Gasteiger charge is -2.22. The molecule has 0 amide bonds. The number of aryl methyl sites for hydroxylation is 2. The number of carbonyl (C=O) groups excluding carboxylic acids is 1. The van der Waals surface area contributed by atoms with E-state index in [0.717, 1.165) is 23.0 Å².